The second-order valence-corrected chi connectivity index (χ2v) is 4.32. The van der Waals surface area contributed by atoms with Gasteiger partial charge in [0.15, 0.2) is 0 Å². The van der Waals surface area contributed by atoms with Gasteiger partial charge in [0.25, 0.3) is 0 Å². The first-order valence-electron chi connectivity index (χ1n) is 6.21. The summed E-state index contributed by atoms with van der Waals surface area (Å²) in [4.78, 5) is 15.8. The van der Waals surface area contributed by atoms with Crippen molar-refractivity contribution in [1.29, 1.82) is 5.26 Å². The lowest BCUT2D eigenvalue weighted by molar-refractivity contribution is 0.0601. The number of ether oxygens (including phenoxy) is 1. The topological polar surface area (TPSA) is 101 Å². The molecule has 0 aliphatic carbocycles. The van der Waals surface area contributed by atoms with Crippen LogP contribution in [0.1, 0.15) is 21.5 Å². The van der Waals surface area contributed by atoms with E-state index in [9.17, 15) is 4.79 Å². The first kappa shape index (κ1) is 14.3. The quantitative estimate of drug-likeness (QED) is 0.831. The summed E-state index contributed by atoms with van der Waals surface area (Å²) in [7, 11) is 1.30. The van der Waals surface area contributed by atoms with Gasteiger partial charge in [-0.3, -0.25) is 0 Å². The molecular formula is C15H14N4O2. The average molecular weight is 282 g/mol. The number of carbonyl (C=O) groups excluding carboxylic acids is 1. The van der Waals surface area contributed by atoms with Crippen molar-refractivity contribution in [3.63, 3.8) is 0 Å². The number of benzene rings is 1. The molecule has 0 aliphatic rings. The molecule has 0 fully saturated rings. The Morgan fingerprint density at radius 2 is 2.14 bits per heavy atom. The molecule has 2 aromatic rings. The monoisotopic (exact) mass is 282 g/mol. The van der Waals surface area contributed by atoms with Gasteiger partial charge in [0, 0.05) is 6.54 Å². The predicted molar refractivity (Wildman–Crippen MR) is 78.5 cm³/mol. The van der Waals surface area contributed by atoms with E-state index in [2.05, 4.69) is 16.4 Å². The van der Waals surface area contributed by atoms with E-state index < -0.39 is 5.97 Å². The van der Waals surface area contributed by atoms with Crippen molar-refractivity contribution < 1.29 is 9.53 Å². The summed E-state index contributed by atoms with van der Waals surface area (Å²) < 4.78 is 4.70. The van der Waals surface area contributed by atoms with Crippen molar-refractivity contribution in [2.75, 3.05) is 18.2 Å². The molecular weight excluding hydrogens is 268 g/mol. The van der Waals surface area contributed by atoms with E-state index in [4.69, 9.17) is 15.7 Å². The molecule has 6 heteroatoms. The van der Waals surface area contributed by atoms with Crippen LogP contribution >= 0.6 is 0 Å². The maximum Gasteiger partial charge on any atom is 0.341 e. The average Bonchev–Trinajstić information content (AvgIpc) is 2.53. The Balaban J connectivity index is 2.15. The van der Waals surface area contributed by atoms with Gasteiger partial charge in [-0.1, -0.05) is 12.1 Å². The molecule has 0 bridgehead atoms. The first-order valence-corrected chi connectivity index (χ1v) is 6.21. The number of pyridine rings is 1. The number of nitriles is 1. The molecule has 1 aromatic heterocycles. The number of aromatic nitrogens is 1. The van der Waals surface area contributed by atoms with E-state index in [1.54, 1.807) is 12.1 Å². The third-order valence-electron chi connectivity index (χ3n) is 2.86. The highest BCUT2D eigenvalue weighted by atomic mass is 16.5. The van der Waals surface area contributed by atoms with Gasteiger partial charge in [-0.05, 0) is 23.8 Å². The van der Waals surface area contributed by atoms with Crippen LogP contribution in [-0.4, -0.2) is 18.1 Å². The van der Waals surface area contributed by atoms with Crippen LogP contribution in [0.15, 0.2) is 36.5 Å². The summed E-state index contributed by atoms with van der Waals surface area (Å²) in [6.07, 6.45) is 1.47. The minimum absolute atomic E-state index is 0.283. The van der Waals surface area contributed by atoms with Crippen LogP contribution in [0.3, 0.4) is 0 Å². The van der Waals surface area contributed by atoms with Crippen LogP contribution in [0.5, 0.6) is 0 Å². The molecule has 0 saturated carbocycles. The lowest BCUT2D eigenvalue weighted by Gasteiger charge is -2.10. The highest BCUT2D eigenvalue weighted by molar-refractivity contribution is 5.95. The SMILES string of the molecule is COC(=O)c1cc(N)cnc1NCc1ccc(C#N)cc1. The number of nitrogen functional groups attached to an aromatic ring is 1. The molecule has 0 radical (unpaired) electrons. The first-order chi connectivity index (χ1) is 10.1. The van der Waals surface area contributed by atoms with Gasteiger partial charge < -0.3 is 15.8 Å². The van der Waals surface area contributed by atoms with E-state index in [0.717, 1.165) is 5.56 Å². The van der Waals surface area contributed by atoms with Crippen LogP contribution < -0.4 is 11.1 Å². The molecule has 2 rings (SSSR count). The number of anilines is 2. The molecule has 0 aliphatic heterocycles. The highest BCUT2D eigenvalue weighted by Crippen LogP contribution is 2.17. The molecule has 3 N–H and O–H groups in total. The smallest absolute Gasteiger partial charge is 0.341 e. The summed E-state index contributed by atoms with van der Waals surface area (Å²) in [6, 6.07) is 10.7. The van der Waals surface area contributed by atoms with Crippen LogP contribution in [-0.2, 0) is 11.3 Å². The zero-order chi connectivity index (χ0) is 15.2. The Morgan fingerprint density at radius 1 is 1.43 bits per heavy atom. The number of hydrogen-bond acceptors (Lipinski definition) is 6. The number of hydrogen-bond donors (Lipinski definition) is 2. The predicted octanol–water partition coefficient (Wildman–Crippen LogP) is 1.93. The number of carbonyl (C=O) groups is 1. The summed E-state index contributed by atoms with van der Waals surface area (Å²) in [5.74, 6) is -0.0995. The molecule has 0 unspecified atom stereocenters. The van der Waals surface area contributed by atoms with Crippen LogP contribution in [0.4, 0.5) is 11.5 Å². The normalized spacial score (nSPS) is 9.71. The Bertz CT molecular complexity index is 690. The number of nitrogens with zero attached hydrogens (tertiary/aromatic N) is 2. The molecule has 6 nitrogen and oxygen atoms in total. The van der Waals surface area contributed by atoms with Crippen molar-refractivity contribution in [2.24, 2.45) is 0 Å². The maximum absolute atomic E-state index is 11.7. The van der Waals surface area contributed by atoms with Crippen molar-refractivity contribution >= 4 is 17.5 Å². The summed E-state index contributed by atoms with van der Waals surface area (Å²) in [5, 5.41) is 11.8. The lowest BCUT2D eigenvalue weighted by atomic mass is 10.1. The van der Waals surface area contributed by atoms with Gasteiger partial charge in [-0.15, -0.1) is 0 Å². The zero-order valence-corrected chi connectivity index (χ0v) is 11.5. The minimum Gasteiger partial charge on any atom is -0.465 e. The van der Waals surface area contributed by atoms with E-state index in [-0.39, 0.29) is 5.56 Å². The van der Waals surface area contributed by atoms with Gasteiger partial charge >= 0.3 is 5.97 Å². The summed E-state index contributed by atoms with van der Waals surface area (Å²) in [5.41, 5.74) is 7.86. The molecule has 0 atom stereocenters. The van der Waals surface area contributed by atoms with Crippen molar-refractivity contribution in [1.82, 2.24) is 4.98 Å². The van der Waals surface area contributed by atoms with E-state index in [0.29, 0.717) is 23.6 Å². The minimum atomic E-state index is -0.503. The third kappa shape index (κ3) is 3.48. The summed E-state index contributed by atoms with van der Waals surface area (Å²) >= 11 is 0. The van der Waals surface area contributed by atoms with Crippen LogP contribution in [0, 0.1) is 11.3 Å². The fraction of sp³-hybridized carbons (Fsp3) is 0.133. The number of nitrogens with two attached hydrogens (primary N) is 1. The van der Waals surface area contributed by atoms with E-state index >= 15 is 0 Å². The highest BCUT2D eigenvalue weighted by Gasteiger charge is 2.13. The van der Waals surface area contributed by atoms with Crippen molar-refractivity contribution in [3.8, 4) is 6.07 Å². The van der Waals surface area contributed by atoms with E-state index in [1.807, 2.05) is 12.1 Å². The molecule has 21 heavy (non-hydrogen) atoms. The lowest BCUT2D eigenvalue weighted by Crippen LogP contribution is -2.10. The molecule has 0 spiro atoms. The third-order valence-corrected chi connectivity index (χ3v) is 2.86. The fourth-order valence-electron chi connectivity index (χ4n) is 1.77. The molecule has 0 saturated heterocycles. The molecule has 1 heterocycles. The summed E-state index contributed by atoms with van der Waals surface area (Å²) in [6.45, 7) is 0.465. The molecule has 106 valence electrons. The van der Waals surface area contributed by atoms with Gasteiger partial charge in [-0.25, -0.2) is 9.78 Å². The zero-order valence-electron chi connectivity index (χ0n) is 11.5. The Kier molecular flexibility index (Phi) is 4.36. The Hall–Kier alpha value is -3.07. The van der Waals surface area contributed by atoms with Crippen molar-refractivity contribution in [3.05, 3.63) is 53.2 Å². The van der Waals surface area contributed by atoms with Crippen LogP contribution in [0.2, 0.25) is 0 Å². The molecule has 1 aromatic carbocycles. The maximum atomic E-state index is 11.7. The number of methoxy groups -OCH3 is 1. The van der Waals surface area contributed by atoms with Gasteiger partial charge in [-0.2, -0.15) is 5.26 Å². The van der Waals surface area contributed by atoms with E-state index in [1.165, 1.54) is 19.4 Å². The standard InChI is InChI=1S/C15H14N4O2/c1-21-15(20)13-6-12(17)9-19-14(13)18-8-11-4-2-10(7-16)3-5-11/h2-6,9H,8,17H2,1H3,(H,18,19). The fourth-order valence-corrected chi connectivity index (χ4v) is 1.77. The molecule has 0 amide bonds. The Labute approximate surface area is 122 Å². The Morgan fingerprint density at radius 3 is 2.76 bits per heavy atom. The number of rotatable bonds is 4. The van der Waals surface area contributed by atoms with Crippen LogP contribution in [0.25, 0.3) is 0 Å². The van der Waals surface area contributed by atoms with Gasteiger partial charge in [0.1, 0.15) is 11.4 Å². The van der Waals surface area contributed by atoms with Crippen molar-refractivity contribution in [2.45, 2.75) is 6.54 Å². The van der Waals surface area contributed by atoms with Gasteiger partial charge in [0.05, 0.1) is 30.6 Å². The number of esters is 1. The second-order valence-electron chi connectivity index (χ2n) is 4.32. The largest absolute Gasteiger partial charge is 0.465 e. The second kappa shape index (κ2) is 6.39. The van der Waals surface area contributed by atoms with Gasteiger partial charge in [0.2, 0.25) is 0 Å². The number of nitrogens with one attached hydrogen (secondary N) is 1.